The molecule has 6 nitrogen and oxygen atoms in total. The lowest BCUT2D eigenvalue weighted by atomic mass is 10.1. The van der Waals surface area contributed by atoms with Crippen molar-refractivity contribution in [2.75, 3.05) is 11.9 Å². The number of fused-ring (bicyclic) bond motifs is 1. The number of thiazole rings is 1. The Morgan fingerprint density at radius 1 is 1.30 bits per heavy atom. The molecule has 0 saturated carbocycles. The van der Waals surface area contributed by atoms with Gasteiger partial charge in [-0.3, -0.25) is 4.79 Å². The average Bonchev–Trinajstić information content (AvgIpc) is 3.19. The number of amides is 1. The van der Waals surface area contributed by atoms with Crippen LogP contribution in [0.15, 0.2) is 34.9 Å². The smallest absolute Gasteiger partial charge is 0.230 e. The lowest BCUT2D eigenvalue weighted by Crippen LogP contribution is -3.10. The number of anilines is 1. The zero-order valence-electron chi connectivity index (χ0n) is 15.5. The third kappa shape index (κ3) is 4.09. The first-order chi connectivity index (χ1) is 13.1. The first-order valence-corrected chi connectivity index (χ1v) is 9.98. The lowest BCUT2D eigenvalue weighted by molar-refractivity contribution is -0.929. The molecule has 1 aliphatic heterocycles. The number of hydrogen-bond acceptors (Lipinski definition) is 5. The largest absolute Gasteiger partial charge is 0.361 e. The van der Waals surface area contributed by atoms with E-state index in [9.17, 15) is 4.79 Å². The maximum Gasteiger partial charge on any atom is 0.230 e. The fourth-order valence-electron chi connectivity index (χ4n) is 3.49. The number of quaternary nitrogens is 1. The molecule has 4 rings (SSSR count). The molecular weight excluding hydrogens is 360 g/mol. The summed E-state index contributed by atoms with van der Waals surface area (Å²) >= 11 is 1.60. The molecule has 0 radical (unpaired) electrons. The van der Waals surface area contributed by atoms with Crippen molar-refractivity contribution >= 4 is 22.4 Å². The fourth-order valence-corrected chi connectivity index (χ4v) is 4.59. The first-order valence-electron chi connectivity index (χ1n) is 9.16. The van der Waals surface area contributed by atoms with Crippen LogP contribution in [0.1, 0.15) is 33.2 Å². The Kier molecular flexibility index (Phi) is 5.05. The van der Waals surface area contributed by atoms with Crippen LogP contribution in [-0.2, 0) is 30.7 Å². The maximum atomic E-state index is 12.4. The van der Waals surface area contributed by atoms with Crippen LogP contribution in [0.25, 0.3) is 0 Å². The van der Waals surface area contributed by atoms with Crippen molar-refractivity contribution in [2.24, 2.45) is 0 Å². The molecular formula is C20H23N4O2S+. The first kappa shape index (κ1) is 17.9. The van der Waals surface area contributed by atoms with Crippen LogP contribution in [0.5, 0.6) is 0 Å². The number of nitrogens with one attached hydrogen (secondary N) is 2. The minimum Gasteiger partial charge on any atom is -0.361 e. The van der Waals surface area contributed by atoms with Gasteiger partial charge in [0.15, 0.2) is 5.13 Å². The molecule has 0 bridgehead atoms. The molecule has 3 aromatic rings. The minimum absolute atomic E-state index is 0.0796. The van der Waals surface area contributed by atoms with Gasteiger partial charge < -0.3 is 14.7 Å². The van der Waals surface area contributed by atoms with E-state index in [4.69, 9.17) is 4.52 Å². The lowest BCUT2D eigenvalue weighted by Gasteiger charge is -2.22. The summed E-state index contributed by atoms with van der Waals surface area (Å²) in [6.07, 6.45) is 1.21. The van der Waals surface area contributed by atoms with Crippen molar-refractivity contribution in [3.8, 4) is 0 Å². The van der Waals surface area contributed by atoms with E-state index in [0.717, 1.165) is 43.0 Å². The van der Waals surface area contributed by atoms with E-state index >= 15 is 0 Å². The van der Waals surface area contributed by atoms with Gasteiger partial charge in [-0.2, -0.15) is 0 Å². The van der Waals surface area contributed by atoms with E-state index in [1.54, 1.807) is 11.3 Å². The molecule has 0 saturated heterocycles. The fraction of sp³-hybridized carbons (Fsp3) is 0.350. The van der Waals surface area contributed by atoms with Crippen LogP contribution in [0.3, 0.4) is 0 Å². The molecule has 0 aliphatic carbocycles. The highest BCUT2D eigenvalue weighted by molar-refractivity contribution is 7.15. The van der Waals surface area contributed by atoms with E-state index in [0.29, 0.717) is 10.9 Å². The Hall–Kier alpha value is -2.51. The summed E-state index contributed by atoms with van der Waals surface area (Å²) in [7, 11) is 0. The van der Waals surface area contributed by atoms with Gasteiger partial charge in [0.1, 0.15) is 18.8 Å². The Balaban J connectivity index is 1.39. The number of aromatic nitrogens is 2. The quantitative estimate of drug-likeness (QED) is 0.708. The molecule has 0 fully saturated rings. The molecule has 1 unspecified atom stereocenters. The molecule has 3 heterocycles. The molecule has 140 valence electrons. The average molecular weight is 383 g/mol. The van der Waals surface area contributed by atoms with E-state index in [2.05, 4.69) is 39.7 Å². The number of nitrogens with zero attached hydrogens (tertiary/aromatic N) is 2. The Morgan fingerprint density at radius 3 is 2.85 bits per heavy atom. The predicted molar refractivity (Wildman–Crippen MR) is 104 cm³/mol. The number of carbonyl (C=O) groups is 1. The zero-order chi connectivity index (χ0) is 18.8. The summed E-state index contributed by atoms with van der Waals surface area (Å²) in [5, 5.41) is 7.54. The van der Waals surface area contributed by atoms with Crippen molar-refractivity contribution in [1.82, 2.24) is 10.1 Å². The number of benzene rings is 1. The van der Waals surface area contributed by atoms with Crippen LogP contribution >= 0.6 is 11.3 Å². The molecule has 0 spiro atoms. The van der Waals surface area contributed by atoms with E-state index in [1.807, 2.05) is 19.9 Å². The monoisotopic (exact) mass is 383 g/mol. The van der Waals surface area contributed by atoms with E-state index < -0.39 is 0 Å². The summed E-state index contributed by atoms with van der Waals surface area (Å²) < 4.78 is 5.13. The summed E-state index contributed by atoms with van der Waals surface area (Å²) in [4.78, 5) is 19.8. The van der Waals surface area contributed by atoms with Crippen molar-refractivity contribution in [1.29, 1.82) is 0 Å². The van der Waals surface area contributed by atoms with Gasteiger partial charge in [-0.15, -0.1) is 0 Å². The Labute approximate surface area is 162 Å². The van der Waals surface area contributed by atoms with Gasteiger partial charge in [0, 0.05) is 17.5 Å². The second-order valence-electron chi connectivity index (χ2n) is 7.01. The van der Waals surface area contributed by atoms with Gasteiger partial charge in [0.05, 0.1) is 29.2 Å². The van der Waals surface area contributed by atoms with Crippen LogP contribution in [0, 0.1) is 13.8 Å². The minimum atomic E-state index is -0.0796. The molecule has 2 aromatic heterocycles. The van der Waals surface area contributed by atoms with Gasteiger partial charge in [-0.25, -0.2) is 4.98 Å². The number of carbonyl (C=O) groups excluding carboxylic acids is 1. The van der Waals surface area contributed by atoms with Crippen LogP contribution in [-0.4, -0.2) is 22.6 Å². The molecule has 1 aliphatic rings. The van der Waals surface area contributed by atoms with Crippen molar-refractivity contribution < 1.29 is 14.2 Å². The van der Waals surface area contributed by atoms with Crippen molar-refractivity contribution in [2.45, 2.75) is 39.8 Å². The standard InChI is InChI=1S/C20H22N4O2S/c1-13-16(14(2)26-23-13)10-19(25)22-20-21-17-8-9-24(12-18(17)27-20)11-15-6-4-3-5-7-15/h3-7H,8-12H2,1-2H3,(H,21,22,25)/p+1. The van der Waals surface area contributed by atoms with Crippen LogP contribution in [0.4, 0.5) is 5.13 Å². The summed E-state index contributed by atoms with van der Waals surface area (Å²) in [6, 6.07) is 10.6. The molecule has 7 heteroatoms. The van der Waals surface area contributed by atoms with Crippen LogP contribution < -0.4 is 10.2 Å². The van der Waals surface area contributed by atoms with E-state index in [1.165, 1.54) is 15.3 Å². The second-order valence-corrected chi connectivity index (χ2v) is 8.09. The number of aryl methyl sites for hydroxylation is 2. The second kappa shape index (κ2) is 7.62. The third-order valence-corrected chi connectivity index (χ3v) is 5.98. The van der Waals surface area contributed by atoms with Gasteiger partial charge in [0.2, 0.25) is 5.91 Å². The summed E-state index contributed by atoms with van der Waals surface area (Å²) in [6.45, 7) is 6.73. The third-order valence-electron chi connectivity index (χ3n) is 4.97. The van der Waals surface area contributed by atoms with Crippen molar-refractivity contribution in [3.63, 3.8) is 0 Å². The summed E-state index contributed by atoms with van der Waals surface area (Å²) in [5.74, 6) is 0.616. The highest BCUT2D eigenvalue weighted by Gasteiger charge is 2.24. The van der Waals surface area contributed by atoms with Gasteiger partial charge in [-0.05, 0) is 13.8 Å². The molecule has 2 N–H and O–H groups in total. The molecule has 27 heavy (non-hydrogen) atoms. The van der Waals surface area contributed by atoms with Gasteiger partial charge in [0.25, 0.3) is 0 Å². The topological polar surface area (TPSA) is 72.5 Å². The highest BCUT2D eigenvalue weighted by atomic mass is 32.1. The SMILES string of the molecule is Cc1noc(C)c1CC(=O)Nc1nc2c(s1)C[NH+](Cc1ccccc1)CC2. The highest BCUT2D eigenvalue weighted by Crippen LogP contribution is 2.25. The zero-order valence-corrected chi connectivity index (χ0v) is 16.4. The normalized spacial score (nSPS) is 16.1. The summed E-state index contributed by atoms with van der Waals surface area (Å²) in [5.41, 5.74) is 4.10. The predicted octanol–water partition coefficient (Wildman–Crippen LogP) is 2.07. The Morgan fingerprint density at radius 2 is 2.11 bits per heavy atom. The van der Waals surface area contributed by atoms with Gasteiger partial charge in [-0.1, -0.05) is 46.8 Å². The molecule has 1 atom stereocenters. The molecule has 1 aromatic carbocycles. The van der Waals surface area contributed by atoms with Gasteiger partial charge >= 0.3 is 0 Å². The van der Waals surface area contributed by atoms with Crippen molar-refractivity contribution in [3.05, 3.63) is 63.5 Å². The van der Waals surface area contributed by atoms with E-state index in [-0.39, 0.29) is 12.3 Å². The van der Waals surface area contributed by atoms with Crippen LogP contribution in [0.2, 0.25) is 0 Å². The Bertz CT molecular complexity index is 929. The maximum absolute atomic E-state index is 12.4. The number of hydrogen-bond donors (Lipinski definition) is 2. The number of rotatable bonds is 5. The molecule has 1 amide bonds.